The van der Waals surface area contributed by atoms with Crippen molar-refractivity contribution in [3.05, 3.63) is 39.6 Å². The van der Waals surface area contributed by atoms with Gasteiger partial charge in [0.2, 0.25) is 0 Å². The predicted molar refractivity (Wildman–Crippen MR) is 100 cm³/mol. The zero-order valence-electron chi connectivity index (χ0n) is 13.2. The van der Waals surface area contributed by atoms with E-state index < -0.39 is 5.54 Å². The molecular formula is C17H17NO2S3. The van der Waals surface area contributed by atoms with Crippen molar-refractivity contribution in [1.82, 2.24) is 0 Å². The van der Waals surface area contributed by atoms with E-state index in [0.29, 0.717) is 6.61 Å². The first-order valence-electron chi connectivity index (χ1n) is 7.29. The zero-order chi connectivity index (χ0) is 16.8. The van der Waals surface area contributed by atoms with Crippen LogP contribution in [0.25, 0.3) is 11.1 Å². The Hall–Kier alpha value is -1.50. The average molecular weight is 364 g/mol. The van der Waals surface area contributed by atoms with E-state index in [0.717, 1.165) is 31.3 Å². The summed E-state index contributed by atoms with van der Waals surface area (Å²) >= 11 is 5.56. The number of amides is 1. The molecule has 120 valence electrons. The number of carbonyl (C=O) groups is 1. The van der Waals surface area contributed by atoms with Crippen LogP contribution in [0.3, 0.4) is 0 Å². The molecule has 3 nitrogen and oxygen atoms in total. The Labute approximate surface area is 148 Å². The van der Waals surface area contributed by atoms with Crippen molar-refractivity contribution < 1.29 is 9.53 Å². The maximum absolute atomic E-state index is 12.5. The fourth-order valence-corrected chi connectivity index (χ4v) is 6.23. The molecular weight excluding hydrogens is 346 g/mol. The van der Waals surface area contributed by atoms with Gasteiger partial charge in [-0.15, -0.1) is 0 Å². The van der Waals surface area contributed by atoms with E-state index in [-0.39, 0.29) is 5.91 Å². The highest BCUT2D eigenvalue weighted by Gasteiger charge is 2.42. The second-order valence-electron chi connectivity index (χ2n) is 5.71. The average Bonchev–Trinajstić information content (AvgIpc) is 2.91. The SMILES string of the molecule is C=CC(=O)N1c2ccc(OCC)cc2-c2c(ssc2=S)C1(C)C. The predicted octanol–water partition coefficient (Wildman–Crippen LogP) is 5.37. The Bertz CT molecular complexity index is 848. The molecule has 1 amide bonds. The Balaban J connectivity index is 2.33. The highest BCUT2D eigenvalue weighted by atomic mass is 32.9. The third-order valence-electron chi connectivity index (χ3n) is 3.93. The molecule has 0 bridgehead atoms. The topological polar surface area (TPSA) is 29.5 Å². The van der Waals surface area contributed by atoms with Gasteiger partial charge in [-0.1, -0.05) is 39.5 Å². The Morgan fingerprint density at radius 3 is 2.83 bits per heavy atom. The minimum Gasteiger partial charge on any atom is -0.494 e. The van der Waals surface area contributed by atoms with Gasteiger partial charge in [0.15, 0.2) is 0 Å². The normalized spacial score (nSPS) is 14.8. The summed E-state index contributed by atoms with van der Waals surface area (Å²) in [7, 11) is 3.22. The molecule has 1 aliphatic rings. The summed E-state index contributed by atoms with van der Waals surface area (Å²) in [6, 6.07) is 5.81. The molecule has 2 aromatic rings. The van der Waals surface area contributed by atoms with Crippen molar-refractivity contribution in [2.45, 2.75) is 26.3 Å². The molecule has 0 aliphatic carbocycles. The maximum atomic E-state index is 12.5. The number of fused-ring (bicyclic) bond motifs is 3. The molecule has 0 spiro atoms. The second kappa shape index (κ2) is 5.85. The second-order valence-corrected chi connectivity index (χ2v) is 8.52. The monoisotopic (exact) mass is 363 g/mol. The molecule has 0 atom stereocenters. The zero-order valence-corrected chi connectivity index (χ0v) is 15.7. The fourth-order valence-electron chi connectivity index (χ4n) is 2.95. The molecule has 3 rings (SSSR count). The van der Waals surface area contributed by atoms with Crippen molar-refractivity contribution in [3.63, 3.8) is 0 Å². The van der Waals surface area contributed by atoms with Gasteiger partial charge < -0.3 is 4.74 Å². The van der Waals surface area contributed by atoms with E-state index in [1.54, 1.807) is 25.6 Å². The highest BCUT2D eigenvalue weighted by Crippen LogP contribution is 2.52. The van der Waals surface area contributed by atoms with Crippen LogP contribution in [-0.2, 0) is 10.3 Å². The first kappa shape index (κ1) is 16.4. The largest absolute Gasteiger partial charge is 0.494 e. The van der Waals surface area contributed by atoms with Crippen molar-refractivity contribution in [3.8, 4) is 16.9 Å². The molecule has 1 aromatic heterocycles. The van der Waals surface area contributed by atoms with Crippen LogP contribution >= 0.6 is 32.9 Å². The fraction of sp³-hybridized carbons (Fsp3) is 0.294. The van der Waals surface area contributed by atoms with E-state index in [9.17, 15) is 4.79 Å². The van der Waals surface area contributed by atoms with Crippen LogP contribution in [-0.4, -0.2) is 12.5 Å². The number of hydrogen-bond donors (Lipinski definition) is 0. The van der Waals surface area contributed by atoms with Crippen LogP contribution in [0, 0.1) is 3.82 Å². The van der Waals surface area contributed by atoms with Crippen LogP contribution in [0.5, 0.6) is 5.75 Å². The summed E-state index contributed by atoms with van der Waals surface area (Å²) in [6.45, 7) is 10.3. The molecule has 0 fully saturated rings. The first-order valence-corrected chi connectivity index (χ1v) is 9.85. The van der Waals surface area contributed by atoms with Gasteiger partial charge in [-0.25, -0.2) is 0 Å². The Kier molecular flexibility index (Phi) is 4.16. The molecule has 1 aliphatic heterocycles. The maximum Gasteiger partial charge on any atom is 0.251 e. The van der Waals surface area contributed by atoms with E-state index in [1.807, 2.05) is 39.0 Å². The van der Waals surface area contributed by atoms with Crippen LogP contribution in [0.15, 0.2) is 30.9 Å². The minimum absolute atomic E-state index is 0.115. The Morgan fingerprint density at radius 2 is 2.17 bits per heavy atom. The number of carbonyl (C=O) groups excluding carboxylic acids is 1. The van der Waals surface area contributed by atoms with Crippen LogP contribution in [0.2, 0.25) is 0 Å². The molecule has 6 heteroatoms. The van der Waals surface area contributed by atoms with Gasteiger partial charge >= 0.3 is 0 Å². The van der Waals surface area contributed by atoms with Gasteiger partial charge in [-0.3, -0.25) is 9.69 Å². The highest BCUT2D eigenvalue weighted by molar-refractivity contribution is 7.80. The van der Waals surface area contributed by atoms with Crippen molar-refractivity contribution in [2.75, 3.05) is 11.5 Å². The van der Waals surface area contributed by atoms with Gasteiger partial charge in [0.05, 0.1) is 22.7 Å². The van der Waals surface area contributed by atoms with Gasteiger partial charge in [-0.05, 0) is 45.0 Å². The third kappa shape index (κ3) is 2.45. The summed E-state index contributed by atoms with van der Waals surface area (Å²) < 4.78 is 6.49. The quantitative estimate of drug-likeness (QED) is 0.417. The van der Waals surface area contributed by atoms with E-state index >= 15 is 0 Å². The number of anilines is 1. The van der Waals surface area contributed by atoms with Crippen molar-refractivity contribution >= 4 is 44.5 Å². The molecule has 0 saturated carbocycles. The van der Waals surface area contributed by atoms with Gasteiger partial charge in [0, 0.05) is 11.1 Å². The summed E-state index contributed by atoms with van der Waals surface area (Å²) in [4.78, 5) is 15.4. The van der Waals surface area contributed by atoms with Crippen LogP contribution < -0.4 is 9.64 Å². The summed E-state index contributed by atoms with van der Waals surface area (Å²) in [5.41, 5.74) is 2.42. The molecule has 0 N–H and O–H groups in total. The number of hydrogen-bond acceptors (Lipinski definition) is 5. The minimum atomic E-state index is -0.459. The number of rotatable bonds is 3. The molecule has 1 aromatic carbocycles. The summed E-state index contributed by atoms with van der Waals surface area (Å²) in [5.74, 6) is 0.670. The lowest BCUT2D eigenvalue weighted by Crippen LogP contribution is -2.47. The lowest BCUT2D eigenvalue weighted by atomic mass is 9.87. The van der Waals surface area contributed by atoms with Crippen molar-refractivity contribution in [1.29, 1.82) is 0 Å². The standard InChI is InChI=1S/C17H17NO2S3/c1-5-13(19)18-12-8-7-10(20-6-2)9-11(12)14-15(17(18,3)4)22-23-16(14)21/h5,7-9H,1,6H2,2-4H3. The molecule has 0 unspecified atom stereocenters. The molecule has 0 radical (unpaired) electrons. The van der Waals surface area contributed by atoms with Gasteiger partial charge in [-0.2, -0.15) is 0 Å². The Morgan fingerprint density at radius 1 is 1.43 bits per heavy atom. The van der Waals surface area contributed by atoms with Gasteiger partial charge in [0.1, 0.15) is 9.57 Å². The summed E-state index contributed by atoms with van der Waals surface area (Å²) in [5, 5.41) is 0. The van der Waals surface area contributed by atoms with E-state index in [2.05, 4.69) is 6.58 Å². The van der Waals surface area contributed by atoms with E-state index in [4.69, 9.17) is 17.0 Å². The lowest BCUT2D eigenvalue weighted by Gasteiger charge is -2.42. The molecule has 23 heavy (non-hydrogen) atoms. The number of ether oxygens (including phenoxy) is 1. The van der Waals surface area contributed by atoms with Crippen molar-refractivity contribution in [2.24, 2.45) is 0 Å². The van der Waals surface area contributed by atoms with E-state index in [1.165, 1.54) is 6.08 Å². The third-order valence-corrected chi connectivity index (χ3v) is 7.26. The molecule has 0 saturated heterocycles. The van der Waals surface area contributed by atoms with Gasteiger partial charge in [0.25, 0.3) is 5.91 Å². The smallest absolute Gasteiger partial charge is 0.251 e. The molecule has 2 heterocycles. The number of benzene rings is 1. The first-order chi connectivity index (χ1) is 10.9. The number of nitrogens with zero attached hydrogens (tertiary/aromatic N) is 1. The lowest BCUT2D eigenvalue weighted by molar-refractivity contribution is -0.115. The van der Waals surface area contributed by atoms with Crippen LogP contribution in [0.4, 0.5) is 5.69 Å². The van der Waals surface area contributed by atoms with Crippen LogP contribution in [0.1, 0.15) is 25.6 Å². The summed E-state index contributed by atoms with van der Waals surface area (Å²) in [6.07, 6.45) is 1.36.